The van der Waals surface area contributed by atoms with Crippen LogP contribution >= 0.6 is 0 Å². The van der Waals surface area contributed by atoms with E-state index in [4.69, 9.17) is 0 Å². The van der Waals surface area contributed by atoms with E-state index in [0.717, 1.165) is 11.1 Å². The van der Waals surface area contributed by atoms with Crippen molar-refractivity contribution in [2.75, 3.05) is 0 Å². The van der Waals surface area contributed by atoms with Crippen molar-refractivity contribution in [1.82, 2.24) is 0 Å². The van der Waals surface area contributed by atoms with Crippen LogP contribution in [0.4, 0.5) is 4.39 Å². The first kappa shape index (κ1) is 16.2. The zero-order valence-electron chi connectivity index (χ0n) is 12.7. The quantitative estimate of drug-likeness (QED) is 0.774. The predicted octanol–water partition coefficient (Wildman–Crippen LogP) is 4.17. The first-order valence-corrected chi connectivity index (χ1v) is 8.97. The van der Waals surface area contributed by atoms with Gasteiger partial charge in [-0.05, 0) is 35.4 Å². The van der Waals surface area contributed by atoms with Crippen molar-refractivity contribution in [3.05, 3.63) is 84.2 Å². The maximum atomic E-state index is 14.1. The summed E-state index contributed by atoms with van der Waals surface area (Å²) in [7, 11) is -3.86. The van der Waals surface area contributed by atoms with Gasteiger partial charge in [0.05, 0.1) is 5.75 Å². The molecule has 0 atom stereocenters. The lowest BCUT2D eigenvalue weighted by atomic mass is 10.0. The molecule has 0 aromatic heterocycles. The topological polar surface area (TPSA) is 54.4 Å². The molecule has 0 amide bonds. The van der Waals surface area contributed by atoms with Crippen molar-refractivity contribution >= 4 is 9.84 Å². The van der Waals surface area contributed by atoms with Gasteiger partial charge in [-0.15, -0.1) is 0 Å². The molecule has 3 aromatic carbocycles. The van der Waals surface area contributed by atoms with E-state index in [1.165, 1.54) is 36.4 Å². The number of rotatable bonds is 4. The summed E-state index contributed by atoms with van der Waals surface area (Å²) in [4.78, 5) is -0.200. The van der Waals surface area contributed by atoms with Gasteiger partial charge in [-0.2, -0.15) is 0 Å². The maximum Gasteiger partial charge on any atom is 0.186 e. The summed E-state index contributed by atoms with van der Waals surface area (Å²) in [6, 6.07) is 19.4. The van der Waals surface area contributed by atoms with Gasteiger partial charge in [0, 0.05) is 5.56 Å². The minimum absolute atomic E-state index is 0.0691. The van der Waals surface area contributed by atoms with E-state index in [2.05, 4.69) is 0 Å². The Morgan fingerprint density at radius 1 is 0.833 bits per heavy atom. The smallest absolute Gasteiger partial charge is 0.186 e. The average Bonchev–Trinajstić information content (AvgIpc) is 2.58. The fourth-order valence-electron chi connectivity index (χ4n) is 2.50. The zero-order chi connectivity index (χ0) is 17.2. The second-order valence-corrected chi connectivity index (χ2v) is 7.36. The highest BCUT2D eigenvalue weighted by Gasteiger charge is 2.21. The monoisotopic (exact) mass is 342 g/mol. The zero-order valence-corrected chi connectivity index (χ0v) is 13.5. The molecule has 0 bridgehead atoms. The van der Waals surface area contributed by atoms with Crippen molar-refractivity contribution in [2.45, 2.75) is 10.6 Å². The molecule has 0 aliphatic carbocycles. The van der Waals surface area contributed by atoms with Gasteiger partial charge < -0.3 is 5.11 Å². The van der Waals surface area contributed by atoms with Crippen LogP contribution in [0.15, 0.2) is 77.7 Å². The van der Waals surface area contributed by atoms with Crippen LogP contribution in [0.1, 0.15) is 5.56 Å². The minimum atomic E-state index is -3.86. The molecule has 0 unspecified atom stereocenters. The number of hydrogen-bond acceptors (Lipinski definition) is 3. The number of hydrogen-bond donors (Lipinski definition) is 1. The summed E-state index contributed by atoms with van der Waals surface area (Å²) in [5, 5.41) is 9.75. The molecule has 0 saturated carbocycles. The summed E-state index contributed by atoms with van der Waals surface area (Å²) in [6.07, 6.45) is 0. The predicted molar refractivity (Wildman–Crippen MR) is 90.8 cm³/mol. The van der Waals surface area contributed by atoms with Gasteiger partial charge in [-0.3, -0.25) is 0 Å². The number of phenols is 1. The van der Waals surface area contributed by atoms with Gasteiger partial charge in [0.2, 0.25) is 0 Å². The summed E-state index contributed by atoms with van der Waals surface area (Å²) in [6.45, 7) is 0. The summed E-state index contributed by atoms with van der Waals surface area (Å²) in [5.41, 5.74) is 1.68. The van der Waals surface area contributed by atoms with E-state index in [9.17, 15) is 17.9 Å². The van der Waals surface area contributed by atoms with Gasteiger partial charge in [-0.1, -0.05) is 48.5 Å². The van der Waals surface area contributed by atoms with Gasteiger partial charge in [0.1, 0.15) is 16.5 Å². The molecular formula is C19H15FO3S. The van der Waals surface area contributed by atoms with Crippen molar-refractivity contribution in [3.8, 4) is 16.9 Å². The number of para-hydroxylation sites is 1. The molecule has 0 aliphatic rings. The molecule has 1 N–H and O–H groups in total. The Morgan fingerprint density at radius 3 is 2.21 bits per heavy atom. The van der Waals surface area contributed by atoms with E-state index in [1.807, 2.05) is 30.3 Å². The third-order valence-electron chi connectivity index (χ3n) is 3.70. The van der Waals surface area contributed by atoms with Crippen molar-refractivity contribution in [3.63, 3.8) is 0 Å². The summed E-state index contributed by atoms with van der Waals surface area (Å²) in [5.74, 6) is -1.44. The van der Waals surface area contributed by atoms with E-state index in [-0.39, 0.29) is 16.2 Å². The van der Waals surface area contributed by atoms with Crippen LogP contribution in [0, 0.1) is 5.82 Å². The SMILES string of the molecule is O=S(=O)(Cc1cc(-c2ccccc2)ccc1F)c1ccccc1O. The molecular weight excluding hydrogens is 327 g/mol. The third kappa shape index (κ3) is 3.31. The number of benzene rings is 3. The molecule has 3 aromatic rings. The molecule has 5 heteroatoms. The average molecular weight is 342 g/mol. The highest BCUT2D eigenvalue weighted by molar-refractivity contribution is 7.90. The minimum Gasteiger partial charge on any atom is -0.507 e. The standard InChI is InChI=1S/C19H15FO3S/c20-17-11-10-15(14-6-2-1-3-7-14)12-16(17)13-24(22,23)19-9-5-4-8-18(19)21/h1-12,21H,13H2. The molecule has 0 aliphatic heterocycles. The van der Waals surface area contributed by atoms with Crippen LogP contribution in [0.3, 0.4) is 0 Å². The lowest BCUT2D eigenvalue weighted by molar-refractivity contribution is 0.458. The highest BCUT2D eigenvalue weighted by Crippen LogP contribution is 2.28. The number of halogens is 1. The second-order valence-electron chi connectivity index (χ2n) is 5.40. The van der Waals surface area contributed by atoms with Crippen LogP contribution in [0.2, 0.25) is 0 Å². The maximum absolute atomic E-state index is 14.1. The normalized spacial score (nSPS) is 11.4. The molecule has 24 heavy (non-hydrogen) atoms. The van der Waals surface area contributed by atoms with Gasteiger partial charge >= 0.3 is 0 Å². The summed E-state index contributed by atoms with van der Waals surface area (Å²) < 4.78 is 39.1. The summed E-state index contributed by atoms with van der Waals surface area (Å²) >= 11 is 0. The molecule has 122 valence electrons. The Hall–Kier alpha value is -2.66. The Labute approximate surface area is 139 Å². The Kier molecular flexibility index (Phi) is 4.36. The van der Waals surface area contributed by atoms with E-state index >= 15 is 0 Å². The molecule has 0 fully saturated rings. The van der Waals surface area contributed by atoms with E-state index in [0.29, 0.717) is 0 Å². The first-order valence-electron chi connectivity index (χ1n) is 7.32. The van der Waals surface area contributed by atoms with Crippen molar-refractivity contribution < 1.29 is 17.9 Å². The van der Waals surface area contributed by atoms with Gasteiger partial charge in [0.15, 0.2) is 9.84 Å². The largest absolute Gasteiger partial charge is 0.507 e. The van der Waals surface area contributed by atoms with E-state index < -0.39 is 21.4 Å². The third-order valence-corrected chi connectivity index (χ3v) is 5.41. The Bertz CT molecular complexity index is 967. The van der Waals surface area contributed by atoms with Crippen LogP contribution in [-0.4, -0.2) is 13.5 Å². The lowest BCUT2D eigenvalue weighted by Crippen LogP contribution is -2.07. The lowest BCUT2D eigenvalue weighted by Gasteiger charge is -2.09. The molecule has 0 spiro atoms. The van der Waals surface area contributed by atoms with Gasteiger partial charge in [-0.25, -0.2) is 12.8 Å². The van der Waals surface area contributed by atoms with E-state index in [1.54, 1.807) is 6.07 Å². The molecule has 3 nitrogen and oxygen atoms in total. The fraction of sp³-hybridized carbons (Fsp3) is 0.0526. The first-order chi connectivity index (χ1) is 11.5. The fourth-order valence-corrected chi connectivity index (χ4v) is 3.96. The molecule has 0 heterocycles. The molecule has 3 rings (SSSR count). The Balaban J connectivity index is 2.00. The number of sulfone groups is 1. The number of aromatic hydroxyl groups is 1. The second kappa shape index (κ2) is 6.45. The Morgan fingerprint density at radius 2 is 1.50 bits per heavy atom. The van der Waals surface area contributed by atoms with Crippen LogP contribution in [-0.2, 0) is 15.6 Å². The molecule has 0 radical (unpaired) electrons. The molecule has 0 saturated heterocycles. The van der Waals surface area contributed by atoms with Crippen LogP contribution in [0.25, 0.3) is 11.1 Å². The van der Waals surface area contributed by atoms with Crippen LogP contribution in [0.5, 0.6) is 5.75 Å². The highest BCUT2D eigenvalue weighted by atomic mass is 32.2. The van der Waals surface area contributed by atoms with Gasteiger partial charge in [0.25, 0.3) is 0 Å². The number of phenolic OH excluding ortho intramolecular Hbond substituents is 1. The van der Waals surface area contributed by atoms with Crippen molar-refractivity contribution in [2.24, 2.45) is 0 Å². The van der Waals surface area contributed by atoms with Crippen molar-refractivity contribution in [1.29, 1.82) is 0 Å². The van der Waals surface area contributed by atoms with Crippen LogP contribution < -0.4 is 0 Å².